The highest BCUT2D eigenvalue weighted by Crippen LogP contribution is 2.18. The van der Waals surface area contributed by atoms with E-state index in [1.165, 1.54) is 29.1 Å². The number of amides is 1. The molecular formula is C19H20FN7O2S. The number of halogens is 1. The second-order valence-electron chi connectivity index (χ2n) is 6.97. The molecule has 1 fully saturated rings. The fraction of sp³-hybridized carbons (Fsp3) is 0.316. The van der Waals surface area contributed by atoms with E-state index in [0.29, 0.717) is 5.16 Å². The number of benzene rings is 1. The molecule has 2 aromatic heterocycles. The van der Waals surface area contributed by atoms with Gasteiger partial charge in [0, 0.05) is 18.4 Å². The van der Waals surface area contributed by atoms with Crippen LogP contribution in [0.15, 0.2) is 46.6 Å². The summed E-state index contributed by atoms with van der Waals surface area (Å²) in [6.45, 7) is 2.19. The van der Waals surface area contributed by atoms with Crippen LogP contribution in [0.2, 0.25) is 0 Å². The van der Waals surface area contributed by atoms with Gasteiger partial charge in [-0.15, -0.1) is 0 Å². The Morgan fingerprint density at radius 2 is 2.03 bits per heavy atom. The van der Waals surface area contributed by atoms with Crippen molar-refractivity contribution in [3.05, 3.63) is 58.4 Å². The predicted octanol–water partition coefficient (Wildman–Crippen LogP) is 0.795. The molecule has 1 aliphatic heterocycles. The van der Waals surface area contributed by atoms with Gasteiger partial charge in [-0.05, 0) is 31.0 Å². The van der Waals surface area contributed by atoms with Gasteiger partial charge in [-0.2, -0.15) is 0 Å². The van der Waals surface area contributed by atoms with E-state index in [-0.39, 0.29) is 53.0 Å². The van der Waals surface area contributed by atoms with Gasteiger partial charge in [-0.3, -0.25) is 19.6 Å². The molecule has 0 aliphatic carbocycles. The lowest BCUT2D eigenvalue weighted by Crippen LogP contribution is -2.45. The molecule has 4 rings (SSSR count). The molecule has 0 saturated carbocycles. The Kier molecular flexibility index (Phi) is 6.02. The summed E-state index contributed by atoms with van der Waals surface area (Å²) in [4.78, 5) is 38.0. The summed E-state index contributed by atoms with van der Waals surface area (Å²) in [5.74, 6) is -0.465. The Bertz CT molecular complexity index is 1120. The Balaban J connectivity index is 1.58. The van der Waals surface area contributed by atoms with Crippen molar-refractivity contribution in [2.75, 3.05) is 5.75 Å². The first-order chi connectivity index (χ1) is 14.5. The zero-order valence-electron chi connectivity index (χ0n) is 16.1. The topological polar surface area (TPSA) is 114 Å². The molecule has 0 radical (unpaired) electrons. The van der Waals surface area contributed by atoms with Gasteiger partial charge in [0.05, 0.1) is 18.5 Å². The average Bonchev–Trinajstić information content (AvgIpc) is 3.15. The third-order valence-corrected chi connectivity index (χ3v) is 5.55. The smallest absolute Gasteiger partial charge is 0.282 e. The van der Waals surface area contributed by atoms with E-state index in [0.717, 1.165) is 23.7 Å². The predicted molar refractivity (Wildman–Crippen MR) is 110 cm³/mol. The number of nitrogens with zero attached hydrogens (tertiary/aromatic N) is 4. The molecule has 9 nitrogen and oxygen atoms in total. The number of hydrogen-bond acceptors (Lipinski definition) is 8. The minimum Gasteiger partial charge on any atom is -0.339 e. The maximum absolute atomic E-state index is 13.2. The normalized spacial score (nSPS) is 18.6. The zero-order chi connectivity index (χ0) is 21.1. The molecule has 0 spiro atoms. The van der Waals surface area contributed by atoms with Crippen molar-refractivity contribution in [1.29, 1.82) is 0 Å². The van der Waals surface area contributed by atoms with Gasteiger partial charge < -0.3 is 5.32 Å². The van der Waals surface area contributed by atoms with Crippen LogP contribution in [0, 0.1) is 5.82 Å². The summed E-state index contributed by atoms with van der Waals surface area (Å²) < 4.78 is 14.7. The van der Waals surface area contributed by atoms with Crippen molar-refractivity contribution < 1.29 is 9.18 Å². The van der Waals surface area contributed by atoms with Crippen molar-refractivity contribution in [3.63, 3.8) is 0 Å². The van der Waals surface area contributed by atoms with Gasteiger partial charge in [0.25, 0.3) is 5.56 Å². The van der Waals surface area contributed by atoms with Crippen LogP contribution in [0.3, 0.4) is 0 Å². The molecule has 2 unspecified atom stereocenters. The first-order valence-corrected chi connectivity index (χ1v) is 10.4. The van der Waals surface area contributed by atoms with Crippen LogP contribution < -0.4 is 21.7 Å². The molecule has 30 heavy (non-hydrogen) atoms. The summed E-state index contributed by atoms with van der Waals surface area (Å²) in [6.07, 6.45) is 3.51. The van der Waals surface area contributed by atoms with Crippen molar-refractivity contribution in [2.45, 2.75) is 37.3 Å². The molecule has 156 valence electrons. The monoisotopic (exact) mass is 429 g/mol. The molecule has 11 heteroatoms. The van der Waals surface area contributed by atoms with E-state index in [9.17, 15) is 14.0 Å². The number of carbonyl (C=O) groups excluding carboxylic acids is 1. The van der Waals surface area contributed by atoms with Crippen molar-refractivity contribution in [3.8, 4) is 0 Å². The van der Waals surface area contributed by atoms with Gasteiger partial charge in [0.1, 0.15) is 5.82 Å². The molecule has 2 atom stereocenters. The number of hydrazine groups is 1. The van der Waals surface area contributed by atoms with Crippen LogP contribution in [-0.2, 0) is 11.3 Å². The maximum atomic E-state index is 13.2. The van der Waals surface area contributed by atoms with Gasteiger partial charge >= 0.3 is 0 Å². The SMILES string of the molecule is CC1CC(NC(=O)CSc2nc3nccnc3c(=O)n2Cc2ccc(F)cc2)NN1. The van der Waals surface area contributed by atoms with Crippen LogP contribution >= 0.6 is 11.8 Å². The summed E-state index contributed by atoms with van der Waals surface area (Å²) in [6, 6.07) is 6.13. The zero-order valence-corrected chi connectivity index (χ0v) is 16.9. The van der Waals surface area contributed by atoms with E-state index in [1.54, 1.807) is 12.1 Å². The van der Waals surface area contributed by atoms with Gasteiger partial charge in [-0.25, -0.2) is 24.8 Å². The molecule has 3 aromatic rings. The molecule has 1 saturated heterocycles. The summed E-state index contributed by atoms with van der Waals surface area (Å²) in [5.41, 5.74) is 6.77. The fourth-order valence-electron chi connectivity index (χ4n) is 3.13. The number of aromatic nitrogens is 4. The Labute approximate surface area is 175 Å². The van der Waals surface area contributed by atoms with Crippen molar-refractivity contribution in [1.82, 2.24) is 35.7 Å². The lowest BCUT2D eigenvalue weighted by atomic mass is 10.2. The van der Waals surface area contributed by atoms with Crippen LogP contribution in [0.4, 0.5) is 4.39 Å². The van der Waals surface area contributed by atoms with Crippen LogP contribution in [-0.4, -0.2) is 43.4 Å². The van der Waals surface area contributed by atoms with Crippen LogP contribution in [0.1, 0.15) is 18.9 Å². The minimum atomic E-state index is -0.365. The van der Waals surface area contributed by atoms with Crippen molar-refractivity contribution >= 4 is 28.8 Å². The number of fused-ring (bicyclic) bond motifs is 1. The van der Waals surface area contributed by atoms with Gasteiger partial charge in [-0.1, -0.05) is 23.9 Å². The molecule has 1 aromatic carbocycles. The summed E-state index contributed by atoms with van der Waals surface area (Å²) >= 11 is 1.14. The van der Waals surface area contributed by atoms with Crippen molar-refractivity contribution in [2.24, 2.45) is 0 Å². The largest absolute Gasteiger partial charge is 0.339 e. The number of nitrogens with one attached hydrogen (secondary N) is 3. The first kappa shape index (κ1) is 20.4. The molecular weight excluding hydrogens is 409 g/mol. The molecule has 1 aliphatic rings. The maximum Gasteiger partial charge on any atom is 0.282 e. The highest BCUT2D eigenvalue weighted by Gasteiger charge is 2.22. The second-order valence-corrected chi connectivity index (χ2v) is 7.92. The van der Waals surface area contributed by atoms with E-state index in [2.05, 4.69) is 31.1 Å². The first-order valence-electron chi connectivity index (χ1n) is 9.39. The quantitative estimate of drug-likeness (QED) is 0.389. The molecule has 1 amide bonds. The van der Waals surface area contributed by atoms with E-state index in [4.69, 9.17) is 0 Å². The lowest BCUT2D eigenvalue weighted by molar-refractivity contribution is -0.119. The molecule has 0 bridgehead atoms. The minimum absolute atomic E-state index is 0.0776. The third kappa shape index (κ3) is 4.64. The van der Waals surface area contributed by atoms with Crippen LogP contribution in [0.5, 0.6) is 0 Å². The van der Waals surface area contributed by atoms with E-state index >= 15 is 0 Å². The van der Waals surface area contributed by atoms with E-state index < -0.39 is 0 Å². The standard InChI is InChI=1S/C19H20FN7O2S/c1-11-8-14(26-25-11)23-15(28)10-30-19-24-17-16(21-6-7-22-17)18(29)27(19)9-12-2-4-13(20)5-3-12/h2-7,11,14,25-26H,8-10H2,1H3,(H,23,28). The van der Waals surface area contributed by atoms with E-state index in [1.807, 2.05) is 6.92 Å². The molecule has 3 N–H and O–H groups in total. The van der Waals surface area contributed by atoms with Gasteiger partial charge in [0.15, 0.2) is 16.3 Å². The van der Waals surface area contributed by atoms with Gasteiger partial charge in [0.2, 0.25) is 5.91 Å². The highest BCUT2D eigenvalue weighted by molar-refractivity contribution is 7.99. The fourth-order valence-corrected chi connectivity index (χ4v) is 3.92. The lowest BCUT2D eigenvalue weighted by Gasteiger charge is -2.14. The Hall–Kier alpha value is -2.89. The summed E-state index contributed by atoms with van der Waals surface area (Å²) in [5, 5.41) is 3.23. The number of rotatable bonds is 6. The number of carbonyl (C=O) groups is 1. The highest BCUT2D eigenvalue weighted by atomic mass is 32.2. The summed E-state index contributed by atoms with van der Waals surface area (Å²) in [7, 11) is 0. The second kappa shape index (κ2) is 8.86. The Morgan fingerprint density at radius 1 is 1.27 bits per heavy atom. The number of hydrogen-bond donors (Lipinski definition) is 3. The average molecular weight is 429 g/mol. The molecule has 3 heterocycles. The van der Waals surface area contributed by atoms with Crippen LogP contribution in [0.25, 0.3) is 11.2 Å². The third-order valence-electron chi connectivity index (χ3n) is 4.57. The Morgan fingerprint density at radius 3 is 2.77 bits per heavy atom. The number of thioether (sulfide) groups is 1.